The van der Waals surface area contributed by atoms with Crippen LogP contribution in [0.3, 0.4) is 0 Å². The van der Waals surface area contributed by atoms with E-state index in [0.29, 0.717) is 29.7 Å². The third-order valence-corrected chi connectivity index (χ3v) is 2.46. The van der Waals surface area contributed by atoms with E-state index in [1.807, 2.05) is 12.1 Å². The Hall–Kier alpha value is -2.56. The van der Waals surface area contributed by atoms with Crippen LogP contribution in [-0.4, -0.2) is 23.7 Å². The number of hydrogen-bond acceptors (Lipinski definition) is 5. The Morgan fingerprint density at radius 2 is 2.16 bits per heavy atom. The van der Waals surface area contributed by atoms with Crippen LogP contribution in [0.4, 0.5) is 5.82 Å². The fourth-order valence-corrected chi connectivity index (χ4v) is 1.59. The van der Waals surface area contributed by atoms with E-state index in [1.165, 1.54) is 0 Å². The summed E-state index contributed by atoms with van der Waals surface area (Å²) in [7, 11) is 1.59. The zero-order valence-corrected chi connectivity index (χ0v) is 10.7. The molecule has 0 aliphatic heterocycles. The largest absolute Gasteiger partial charge is 0.493 e. The molecule has 0 unspecified atom stereocenters. The van der Waals surface area contributed by atoms with Crippen molar-refractivity contribution in [1.82, 2.24) is 9.97 Å². The molecule has 0 saturated heterocycles. The number of methoxy groups -OCH3 is 1. The van der Waals surface area contributed by atoms with Crippen LogP contribution < -0.4 is 15.2 Å². The number of benzene rings is 1. The van der Waals surface area contributed by atoms with Crippen LogP contribution in [-0.2, 0) is 0 Å². The van der Waals surface area contributed by atoms with Gasteiger partial charge in [-0.3, -0.25) is 0 Å². The molecule has 0 spiro atoms. The van der Waals surface area contributed by atoms with Gasteiger partial charge in [0.05, 0.1) is 7.11 Å². The van der Waals surface area contributed by atoms with Gasteiger partial charge in [0.15, 0.2) is 17.3 Å². The van der Waals surface area contributed by atoms with E-state index >= 15 is 0 Å². The summed E-state index contributed by atoms with van der Waals surface area (Å²) in [6.45, 7) is 4.02. The molecule has 2 aromatic rings. The maximum absolute atomic E-state index is 5.65. The maximum atomic E-state index is 5.65. The second-order valence-electron chi connectivity index (χ2n) is 3.77. The second-order valence-corrected chi connectivity index (χ2v) is 3.77. The average molecular weight is 257 g/mol. The van der Waals surface area contributed by atoms with Crippen molar-refractivity contribution in [2.75, 3.05) is 19.5 Å². The van der Waals surface area contributed by atoms with E-state index in [9.17, 15) is 0 Å². The molecule has 0 saturated carbocycles. The Balaban J connectivity index is 2.39. The van der Waals surface area contributed by atoms with E-state index < -0.39 is 0 Å². The Morgan fingerprint density at radius 1 is 1.32 bits per heavy atom. The lowest BCUT2D eigenvalue weighted by Crippen LogP contribution is -1.98. The number of nitrogens with two attached hydrogens (primary N) is 1. The quantitative estimate of drug-likeness (QED) is 0.832. The van der Waals surface area contributed by atoms with Crippen LogP contribution in [0.2, 0.25) is 0 Å². The van der Waals surface area contributed by atoms with Crippen LogP contribution in [0, 0.1) is 0 Å². The molecule has 0 fully saturated rings. The minimum absolute atomic E-state index is 0.400. The molecular formula is C14H15N3O2. The highest BCUT2D eigenvalue weighted by Gasteiger charge is 2.08. The fourth-order valence-electron chi connectivity index (χ4n) is 1.59. The van der Waals surface area contributed by atoms with Gasteiger partial charge in [-0.1, -0.05) is 12.7 Å². The van der Waals surface area contributed by atoms with E-state index in [0.717, 1.165) is 5.56 Å². The molecule has 5 nitrogen and oxygen atoms in total. The number of hydrogen-bond donors (Lipinski definition) is 1. The Labute approximate surface area is 111 Å². The number of nitrogens with zero attached hydrogens (tertiary/aromatic N) is 2. The molecule has 2 rings (SSSR count). The minimum atomic E-state index is 0.400. The van der Waals surface area contributed by atoms with Crippen molar-refractivity contribution in [2.24, 2.45) is 0 Å². The standard InChI is InChI=1S/C14H15N3O2/c1-3-8-19-12-9-10(4-5-11(12)18-2)14-16-7-6-13(15)17-14/h3-7,9H,1,8H2,2H3,(H2,15,16,17). The van der Waals surface area contributed by atoms with Crippen LogP contribution in [0.15, 0.2) is 43.1 Å². The van der Waals surface area contributed by atoms with Crippen LogP contribution in [0.1, 0.15) is 0 Å². The summed E-state index contributed by atoms with van der Waals surface area (Å²) < 4.78 is 10.8. The third kappa shape index (κ3) is 3.01. The Morgan fingerprint density at radius 3 is 2.84 bits per heavy atom. The molecule has 5 heteroatoms. The lowest BCUT2D eigenvalue weighted by atomic mass is 10.2. The van der Waals surface area contributed by atoms with Gasteiger partial charge < -0.3 is 15.2 Å². The van der Waals surface area contributed by atoms with E-state index in [4.69, 9.17) is 15.2 Å². The number of nitrogen functional groups attached to an aromatic ring is 1. The number of ether oxygens (including phenoxy) is 2. The van der Waals surface area contributed by atoms with Crippen molar-refractivity contribution >= 4 is 5.82 Å². The molecule has 2 N–H and O–H groups in total. The third-order valence-electron chi connectivity index (χ3n) is 2.46. The summed E-state index contributed by atoms with van der Waals surface area (Å²) in [4.78, 5) is 8.35. The SMILES string of the molecule is C=CCOc1cc(-c2nccc(N)n2)ccc1OC. The van der Waals surface area contributed by atoms with Gasteiger partial charge in [0, 0.05) is 11.8 Å². The first-order valence-corrected chi connectivity index (χ1v) is 5.75. The van der Waals surface area contributed by atoms with Crippen molar-refractivity contribution in [3.8, 4) is 22.9 Å². The molecule has 0 aliphatic rings. The molecule has 19 heavy (non-hydrogen) atoms. The lowest BCUT2D eigenvalue weighted by Gasteiger charge is -2.10. The van der Waals surface area contributed by atoms with Crippen molar-refractivity contribution in [1.29, 1.82) is 0 Å². The van der Waals surface area contributed by atoms with Gasteiger partial charge in [-0.15, -0.1) is 0 Å². The topological polar surface area (TPSA) is 70.3 Å². The van der Waals surface area contributed by atoms with Gasteiger partial charge in [0.1, 0.15) is 12.4 Å². The highest BCUT2D eigenvalue weighted by atomic mass is 16.5. The zero-order chi connectivity index (χ0) is 13.7. The molecule has 0 amide bonds. The van der Waals surface area contributed by atoms with Crippen molar-refractivity contribution < 1.29 is 9.47 Å². The zero-order valence-electron chi connectivity index (χ0n) is 10.7. The van der Waals surface area contributed by atoms with Gasteiger partial charge in [0.2, 0.25) is 0 Å². The van der Waals surface area contributed by atoms with E-state index in [2.05, 4.69) is 16.5 Å². The number of aromatic nitrogens is 2. The van der Waals surface area contributed by atoms with Crippen LogP contribution in [0.5, 0.6) is 11.5 Å². The number of anilines is 1. The predicted molar refractivity (Wildman–Crippen MR) is 74.1 cm³/mol. The summed E-state index contributed by atoms with van der Waals surface area (Å²) in [6.07, 6.45) is 3.29. The van der Waals surface area contributed by atoms with Gasteiger partial charge >= 0.3 is 0 Å². The predicted octanol–water partition coefficient (Wildman–Crippen LogP) is 2.30. The monoisotopic (exact) mass is 257 g/mol. The molecule has 1 aromatic heterocycles. The molecule has 0 radical (unpaired) electrons. The van der Waals surface area contributed by atoms with Crippen molar-refractivity contribution in [3.05, 3.63) is 43.1 Å². The smallest absolute Gasteiger partial charge is 0.162 e. The first-order valence-electron chi connectivity index (χ1n) is 5.75. The van der Waals surface area contributed by atoms with Gasteiger partial charge in [0.25, 0.3) is 0 Å². The molecule has 98 valence electrons. The Bertz CT molecular complexity index is 585. The minimum Gasteiger partial charge on any atom is -0.493 e. The maximum Gasteiger partial charge on any atom is 0.162 e. The first-order chi connectivity index (χ1) is 9.24. The molecule has 0 bridgehead atoms. The molecule has 0 aliphatic carbocycles. The van der Waals surface area contributed by atoms with Crippen LogP contribution in [0.25, 0.3) is 11.4 Å². The lowest BCUT2D eigenvalue weighted by molar-refractivity contribution is 0.326. The number of rotatable bonds is 5. The summed E-state index contributed by atoms with van der Waals surface area (Å²) in [5, 5.41) is 0. The van der Waals surface area contributed by atoms with Gasteiger partial charge in [-0.2, -0.15) is 0 Å². The van der Waals surface area contributed by atoms with E-state index in [-0.39, 0.29) is 0 Å². The molecule has 1 heterocycles. The highest BCUT2D eigenvalue weighted by molar-refractivity contribution is 5.61. The van der Waals surface area contributed by atoms with Crippen LogP contribution >= 0.6 is 0 Å². The summed E-state index contributed by atoms with van der Waals surface area (Å²) in [6, 6.07) is 7.12. The van der Waals surface area contributed by atoms with Gasteiger partial charge in [-0.05, 0) is 24.3 Å². The average Bonchev–Trinajstić information content (AvgIpc) is 2.44. The molecular weight excluding hydrogens is 242 g/mol. The normalized spacial score (nSPS) is 9.95. The van der Waals surface area contributed by atoms with Gasteiger partial charge in [-0.25, -0.2) is 9.97 Å². The highest BCUT2D eigenvalue weighted by Crippen LogP contribution is 2.31. The van der Waals surface area contributed by atoms with Crippen molar-refractivity contribution in [2.45, 2.75) is 0 Å². The summed E-state index contributed by atoms with van der Waals surface area (Å²) in [5.41, 5.74) is 6.46. The summed E-state index contributed by atoms with van der Waals surface area (Å²) >= 11 is 0. The molecule has 0 atom stereocenters. The Kier molecular flexibility index (Phi) is 3.97. The van der Waals surface area contributed by atoms with Crippen molar-refractivity contribution in [3.63, 3.8) is 0 Å². The second kappa shape index (κ2) is 5.86. The fraction of sp³-hybridized carbons (Fsp3) is 0.143. The first kappa shape index (κ1) is 12.9. The van der Waals surface area contributed by atoms with E-state index in [1.54, 1.807) is 31.5 Å². The molecule has 1 aromatic carbocycles. The summed E-state index contributed by atoms with van der Waals surface area (Å²) in [5.74, 6) is 2.24.